The second kappa shape index (κ2) is 6.56. The Bertz CT molecular complexity index is 474. The van der Waals surface area contributed by atoms with E-state index in [9.17, 15) is 14.7 Å². The second-order valence-corrected chi connectivity index (χ2v) is 5.76. The quantitative estimate of drug-likeness (QED) is 0.746. The summed E-state index contributed by atoms with van der Waals surface area (Å²) in [5, 5.41) is 14.9. The predicted octanol–water partition coefficient (Wildman–Crippen LogP) is 0.841. The van der Waals surface area contributed by atoms with E-state index in [1.807, 2.05) is 20.8 Å². The number of carbonyl (C=O) groups is 2. The molecular weight excluding hydrogens is 260 g/mol. The summed E-state index contributed by atoms with van der Waals surface area (Å²) in [5.74, 6) is -0.198. The van der Waals surface area contributed by atoms with Crippen molar-refractivity contribution < 1.29 is 19.1 Å². The van der Waals surface area contributed by atoms with Crippen LogP contribution in [0.3, 0.4) is 0 Å². The molecule has 6 nitrogen and oxygen atoms in total. The summed E-state index contributed by atoms with van der Waals surface area (Å²) in [7, 11) is 0. The van der Waals surface area contributed by atoms with Crippen LogP contribution in [0, 0.1) is 12.3 Å². The lowest BCUT2D eigenvalue weighted by atomic mass is 9.89. The minimum Gasteiger partial charge on any atom is -0.469 e. The fourth-order valence-electron chi connectivity index (χ4n) is 1.46. The Kier molecular flexibility index (Phi) is 5.33. The summed E-state index contributed by atoms with van der Waals surface area (Å²) >= 11 is 0. The summed E-state index contributed by atoms with van der Waals surface area (Å²) < 4.78 is 5.01. The van der Waals surface area contributed by atoms with Crippen LogP contribution in [0.2, 0.25) is 0 Å². The number of rotatable bonds is 5. The van der Waals surface area contributed by atoms with Gasteiger partial charge in [0, 0.05) is 6.54 Å². The van der Waals surface area contributed by atoms with E-state index >= 15 is 0 Å². The Hall–Kier alpha value is -1.82. The lowest BCUT2D eigenvalue weighted by Gasteiger charge is -2.25. The Labute approximate surface area is 118 Å². The Morgan fingerprint density at radius 3 is 2.50 bits per heavy atom. The van der Waals surface area contributed by atoms with E-state index in [0.29, 0.717) is 11.3 Å². The molecule has 0 aliphatic carbocycles. The normalized spacial score (nSPS) is 12.8. The van der Waals surface area contributed by atoms with Crippen LogP contribution in [0.5, 0.6) is 0 Å². The van der Waals surface area contributed by atoms with Gasteiger partial charge in [0.15, 0.2) is 0 Å². The highest BCUT2D eigenvalue weighted by Crippen LogP contribution is 2.17. The smallest absolute Gasteiger partial charge is 0.255 e. The van der Waals surface area contributed by atoms with Gasteiger partial charge in [-0.1, -0.05) is 20.8 Å². The molecule has 2 amide bonds. The van der Waals surface area contributed by atoms with Crippen LogP contribution < -0.4 is 10.6 Å². The van der Waals surface area contributed by atoms with Crippen LogP contribution in [0.15, 0.2) is 16.7 Å². The van der Waals surface area contributed by atoms with Crippen LogP contribution in [-0.4, -0.2) is 36.1 Å². The molecular formula is C14H22N2O4. The number of aryl methyl sites for hydroxylation is 1. The molecule has 0 aromatic carbocycles. The third-order valence-corrected chi connectivity index (χ3v) is 3.01. The Morgan fingerprint density at radius 2 is 2.00 bits per heavy atom. The van der Waals surface area contributed by atoms with Crippen LogP contribution in [0.1, 0.15) is 36.9 Å². The van der Waals surface area contributed by atoms with Crippen molar-refractivity contribution in [1.29, 1.82) is 0 Å². The maximum Gasteiger partial charge on any atom is 0.255 e. The lowest BCUT2D eigenvalue weighted by Crippen LogP contribution is -2.43. The number of carbonyl (C=O) groups excluding carboxylic acids is 2. The third kappa shape index (κ3) is 4.70. The minimum absolute atomic E-state index is 0.139. The van der Waals surface area contributed by atoms with Crippen molar-refractivity contribution in [1.82, 2.24) is 10.6 Å². The molecule has 20 heavy (non-hydrogen) atoms. The molecule has 0 saturated carbocycles. The summed E-state index contributed by atoms with van der Waals surface area (Å²) in [4.78, 5) is 23.3. The lowest BCUT2D eigenvalue weighted by molar-refractivity contribution is -0.120. The highest BCUT2D eigenvalue weighted by molar-refractivity contribution is 5.97. The van der Waals surface area contributed by atoms with Gasteiger partial charge in [0.05, 0.1) is 24.5 Å². The molecule has 112 valence electrons. The van der Waals surface area contributed by atoms with Crippen LogP contribution in [0.4, 0.5) is 0 Å². The molecule has 1 aromatic heterocycles. The van der Waals surface area contributed by atoms with Gasteiger partial charge in [0.2, 0.25) is 5.91 Å². The van der Waals surface area contributed by atoms with Gasteiger partial charge in [0.1, 0.15) is 5.76 Å². The number of hydrogen-bond donors (Lipinski definition) is 3. The largest absolute Gasteiger partial charge is 0.469 e. The highest BCUT2D eigenvalue weighted by atomic mass is 16.3. The number of aliphatic hydroxyl groups excluding tert-OH is 1. The Morgan fingerprint density at radius 1 is 1.35 bits per heavy atom. The third-order valence-electron chi connectivity index (χ3n) is 3.01. The second-order valence-electron chi connectivity index (χ2n) is 5.76. The van der Waals surface area contributed by atoms with Crippen molar-refractivity contribution in [2.75, 3.05) is 13.1 Å². The molecule has 1 rings (SSSR count). The first kappa shape index (κ1) is 16.2. The van der Waals surface area contributed by atoms with Gasteiger partial charge < -0.3 is 20.2 Å². The molecule has 0 aliphatic rings. The molecule has 0 fully saturated rings. The summed E-state index contributed by atoms with van der Waals surface area (Å²) in [6.07, 6.45) is 0.780. The first-order chi connectivity index (χ1) is 9.21. The molecule has 1 atom stereocenters. The topological polar surface area (TPSA) is 91.6 Å². The Balaban J connectivity index is 2.34. The zero-order chi connectivity index (χ0) is 15.3. The average Bonchev–Trinajstić information content (AvgIpc) is 2.78. The number of aliphatic hydroxyl groups is 1. The molecule has 1 heterocycles. The van der Waals surface area contributed by atoms with Crippen LogP contribution in [-0.2, 0) is 4.79 Å². The zero-order valence-electron chi connectivity index (χ0n) is 12.3. The van der Waals surface area contributed by atoms with Crippen molar-refractivity contribution in [3.63, 3.8) is 0 Å². The maximum atomic E-state index is 11.7. The van der Waals surface area contributed by atoms with Gasteiger partial charge in [-0.05, 0) is 18.4 Å². The van der Waals surface area contributed by atoms with E-state index in [2.05, 4.69) is 10.6 Å². The summed E-state index contributed by atoms with van der Waals surface area (Å²) in [6.45, 7) is 7.34. The highest BCUT2D eigenvalue weighted by Gasteiger charge is 2.22. The SMILES string of the molecule is Cc1occc1C(=O)NCC(=O)NCC(O)C(C)(C)C. The molecule has 1 unspecified atom stereocenters. The molecule has 0 radical (unpaired) electrons. The van der Waals surface area contributed by atoms with Gasteiger partial charge in [0.25, 0.3) is 5.91 Å². The fraction of sp³-hybridized carbons (Fsp3) is 0.571. The summed E-state index contributed by atoms with van der Waals surface area (Å²) in [6, 6.07) is 1.55. The van der Waals surface area contributed by atoms with Crippen molar-refractivity contribution in [3.05, 3.63) is 23.7 Å². The van der Waals surface area contributed by atoms with E-state index in [1.165, 1.54) is 6.26 Å². The number of amides is 2. The first-order valence-corrected chi connectivity index (χ1v) is 6.49. The van der Waals surface area contributed by atoms with Crippen molar-refractivity contribution in [3.8, 4) is 0 Å². The van der Waals surface area contributed by atoms with Gasteiger partial charge in [-0.15, -0.1) is 0 Å². The monoisotopic (exact) mass is 282 g/mol. The van der Waals surface area contributed by atoms with Gasteiger partial charge in [-0.3, -0.25) is 9.59 Å². The van der Waals surface area contributed by atoms with Gasteiger partial charge in [-0.25, -0.2) is 0 Å². The number of furan rings is 1. The number of hydrogen-bond acceptors (Lipinski definition) is 4. The molecule has 3 N–H and O–H groups in total. The van der Waals surface area contributed by atoms with Crippen molar-refractivity contribution in [2.45, 2.75) is 33.8 Å². The number of nitrogens with one attached hydrogen (secondary N) is 2. The maximum absolute atomic E-state index is 11.7. The van der Waals surface area contributed by atoms with Crippen molar-refractivity contribution >= 4 is 11.8 Å². The first-order valence-electron chi connectivity index (χ1n) is 6.49. The average molecular weight is 282 g/mol. The minimum atomic E-state index is -0.640. The van der Waals surface area contributed by atoms with E-state index < -0.39 is 6.10 Å². The molecule has 1 aromatic rings. The molecule has 0 spiro atoms. The molecule has 0 saturated heterocycles. The van der Waals surface area contributed by atoms with Gasteiger partial charge >= 0.3 is 0 Å². The summed E-state index contributed by atoms with van der Waals surface area (Å²) in [5.41, 5.74) is 0.109. The van der Waals surface area contributed by atoms with E-state index in [4.69, 9.17) is 4.42 Å². The molecule has 0 bridgehead atoms. The van der Waals surface area contributed by atoms with Crippen LogP contribution >= 0.6 is 0 Å². The zero-order valence-corrected chi connectivity index (χ0v) is 12.3. The van der Waals surface area contributed by atoms with E-state index in [0.717, 1.165) is 0 Å². The van der Waals surface area contributed by atoms with E-state index in [1.54, 1.807) is 13.0 Å². The van der Waals surface area contributed by atoms with E-state index in [-0.39, 0.29) is 30.3 Å². The van der Waals surface area contributed by atoms with Crippen molar-refractivity contribution in [2.24, 2.45) is 5.41 Å². The predicted molar refractivity (Wildman–Crippen MR) is 74.2 cm³/mol. The fourth-order valence-corrected chi connectivity index (χ4v) is 1.46. The van der Waals surface area contributed by atoms with Gasteiger partial charge in [-0.2, -0.15) is 0 Å². The molecule has 6 heteroatoms. The molecule has 0 aliphatic heterocycles. The standard InChI is InChI=1S/C14H22N2O4/c1-9-10(5-6-20-9)13(19)16-8-12(18)15-7-11(17)14(2,3)4/h5-6,11,17H,7-8H2,1-4H3,(H,15,18)(H,16,19). The van der Waals surface area contributed by atoms with Crippen LogP contribution in [0.25, 0.3) is 0 Å².